The summed E-state index contributed by atoms with van der Waals surface area (Å²) in [5.41, 5.74) is 0. The van der Waals surface area contributed by atoms with Gasteiger partial charge in [-0.1, -0.05) is 0 Å². The number of aliphatic imine (C=N–C) groups is 1. The van der Waals surface area contributed by atoms with Crippen molar-refractivity contribution in [1.82, 2.24) is 10.2 Å². The Kier molecular flexibility index (Phi) is 2.70. The Labute approximate surface area is 84.4 Å². The molecule has 1 saturated heterocycles. The van der Waals surface area contributed by atoms with Crippen LogP contribution in [0.25, 0.3) is 0 Å². The lowest BCUT2D eigenvalue weighted by Crippen LogP contribution is -2.48. The Bertz CT molecular complexity index is 262. The van der Waals surface area contributed by atoms with Crippen molar-refractivity contribution in [3.05, 3.63) is 0 Å². The van der Waals surface area contributed by atoms with E-state index in [2.05, 4.69) is 10.3 Å². The summed E-state index contributed by atoms with van der Waals surface area (Å²) in [6.45, 7) is 1.78. The minimum Gasteiger partial charge on any atom is -0.369 e. The van der Waals surface area contributed by atoms with Crippen LogP contribution in [0.2, 0.25) is 0 Å². The molecule has 0 aromatic rings. The third-order valence-electron chi connectivity index (χ3n) is 2.87. The van der Waals surface area contributed by atoms with Crippen LogP contribution in [0, 0.1) is 0 Å². The Balaban J connectivity index is 1.84. The number of hydrogen-bond acceptors (Lipinski definition) is 3. The highest BCUT2D eigenvalue weighted by molar-refractivity contribution is 5.84. The predicted molar refractivity (Wildman–Crippen MR) is 55.3 cm³/mol. The summed E-state index contributed by atoms with van der Waals surface area (Å²) in [6.07, 6.45) is 3.86. The number of carbonyl (C=O) groups is 1. The standard InChI is InChI=1S/C10H17N3O/c1-13-7-8(4-5-10(13)14)12-9-3-2-6-11-9/h8H,2-7H2,1H3,(H,11,12). The van der Waals surface area contributed by atoms with Crippen LogP contribution in [0.5, 0.6) is 0 Å². The second kappa shape index (κ2) is 3.98. The summed E-state index contributed by atoms with van der Waals surface area (Å²) in [6, 6.07) is 0.412. The van der Waals surface area contributed by atoms with Crippen LogP contribution in [-0.4, -0.2) is 42.8 Å². The van der Waals surface area contributed by atoms with E-state index in [1.165, 1.54) is 6.42 Å². The van der Waals surface area contributed by atoms with Crippen molar-refractivity contribution in [1.29, 1.82) is 0 Å². The molecule has 0 saturated carbocycles. The van der Waals surface area contributed by atoms with Gasteiger partial charge < -0.3 is 10.2 Å². The fourth-order valence-corrected chi connectivity index (χ4v) is 2.02. The molecule has 2 heterocycles. The number of amidine groups is 1. The van der Waals surface area contributed by atoms with E-state index in [1.807, 2.05) is 7.05 Å². The van der Waals surface area contributed by atoms with E-state index in [0.717, 1.165) is 31.8 Å². The Morgan fingerprint density at radius 2 is 2.36 bits per heavy atom. The zero-order valence-corrected chi connectivity index (χ0v) is 8.62. The van der Waals surface area contributed by atoms with E-state index in [1.54, 1.807) is 4.90 Å². The van der Waals surface area contributed by atoms with E-state index in [9.17, 15) is 4.79 Å². The highest BCUT2D eigenvalue weighted by atomic mass is 16.2. The van der Waals surface area contributed by atoms with Crippen LogP contribution in [-0.2, 0) is 4.79 Å². The first-order valence-corrected chi connectivity index (χ1v) is 5.29. The van der Waals surface area contributed by atoms with Gasteiger partial charge in [-0.2, -0.15) is 0 Å². The molecule has 1 unspecified atom stereocenters. The molecule has 0 aromatic carbocycles. The largest absolute Gasteiger partial charge is 0.369 e. The number of likely N-dealkylation sites (N-methyl/N-ethyl adjacent to an activating group) is 1. The molecule has 0 bridgehead atoms. The Morgan fingerprint density at radius 3 is 3.00 bits per heavy atom. The van der Waals surface area contributed by atoms with Crippen LogP contribution in [0.15, 0.2) is 4.99 Å². The first kappa shape index (κ1) is 9.49. The number of nitrogens with one attached hydrogen (secondary N) is 1. The highest BCUT2D eigenvalue weighted by Gasteiger charge is 2.23. The number of carbonyl (C=O) groups excluding carboxylic acids is 1. The van der Waals surface area contributed by atoms with Gasteiger partial charge in [-0.25, -0.2) is 0 Å². The predicted octanol–water partition coefficient (Wildman–Crippen LogP) is 0.389. The van der Waals surface area contributed by atoms with Gasteiger partial charge in [0.15, 0.2) is 0 Å². The third kappa shape index (κ3) is 2.05. The Hall–Kier alpha value is -1.06. The molecule has 1 atom stereocenters. The van der Waals surface area contributed by atoms with Gasteiger partial charge >= 0.3 is 0 Å². The van der Waals surface area contributed by atoms with Crippen molar-refractivity contribution >= 4 is 11.7 Å². The number of piperidine rings is 1. The van der Waals surface area contributed by atoms with Crippen LogP contribution >= 0.6 is 0 Å². The monoisotopic (exact) mass is 195 g/mol. The molecule has 0 radical (unpaired) electrons. The molecule has 0 spiro atoms. The van der Waals surface area contributed by atoms with Crippen LogP contribution in [0.4, 0.5) is 0 Å². The first-order chi connectivity index (χ1) is 6.75. The van der Waals surface area contributed by atoms with Gasteiger partial charge in [0.05, 0.1) is 5.84 Å². The molecule has 4 nitrogen and oxygen atoms in total. The van der Waals surface area contributed by atoms with E-state index in [-0.39, 0.29) is 5.91 Å². The molecule has 1 amide bonds. The van der Waals surface area contributed by atoms with Crippen molar-refractivity contribution in [3.8, 4) is 0 Å². The molecule has 78 valence electrons. The lowest BCUT2D eigenvalue weighted by molar-refractivity contribution is -0.132. The van der Waals surface area contributed by atoms with Gasteiger partial charge in [0.2, 0.25) is 5.91 Å². The number of likely N-dealkylation sites (tertiary alicyclic amines) is 1. The maximum Gasteiger partial charge on any atom is 0.222 e. The van der Waals surface area contributed by atoms with Gasteiger partial charge in [0.1, 0.15) is 0 Å². The van der Waals surface area contributed by atoms with E-state index in [0.29, 0.717) is 12.5 Å². The van der Waals surface area contributed by atoms with Gasteiger partial charge in [0.25, 0.3) is 0 Å². The van der Waals surface area contributed by atoms with Crippen molar-refractivity contribution in [2.75, 3.05) is 20.1 Å². The summed E-state index contributed by atoms with van der Waals surface area (Å²) >= 11 is 0. The average molecular weight is 195 g/mol. The quantitative estimate of drug-likeness (QED) is 0.658. The molecule has 4 heteroatoms. The zero-order valence-electron chi connectivity index (χ0n) is 8.62. The summed E-state index contributed by atoms with van der Waals surface area (Å²) < 4.78 is 0. The zero-order chi connectivity index (χ0) is 9.97. The Morgan fingerprint density at radius 1 is 1.50 bits per heavy atom. The topological polar surface area (TPSA) is 44.7 Å². The molecule has 0 aromatic heterocycles. The number of amides is 1. The van der Waals surface area contributed by atoms with Gasteiger partial charge in [-0.15, -0.1) is 0 Å². The molecule has 14 heavy (non-hydrogen) atoms. The summed E-state index contributed by atoms with van der Waals surface area (Å²) in [4.78, 5) is 17.4. The maximum absolute atomic E-state index is 11.2. The molecule has 1 N–H and O–H groups in total. The number of rotatable bonds is 1. The van der Waals surface area contributed by atoms with Crippen molar-refractivity contribution in [3.63, 3.8) is 0 Å². The van der Waals surface area contributed by atoms with Crippen molar-refractivity contribution in [2.45, 2.75) is 31.7 Å². The minimum atomic E-state index is 0.261. The normalized spacial score (nSPS) is 27.8. The van der Waals surface area contributed by atoms with Crippen molar-refractivity contribution in [2.24, 2.45) is 4.99 Å². The molecular weight excluding hydrogens is 178 g/mol. The van der Waals surface area contributed by atoms with Gasteiger partial charge in [-0.05, 0) is 12.8 Å². The second-order valence-corrected chi connectivity index (χ2v) is 4.09. The molecule has 2 rings (SSSR count). The van der Waals surface area contributed by atoms with Gasteiger partial charge in [-0.3, -0.25) is 9.79 Å². The fourth-order valence-electron chi connectivity index (χ4n) is 2.02. The van der Waals surface area contributed by atoms with Crippen LogP contribution in [0.3, 0.4) is 0 Å². The molecule has 1 fully saturated rings. The van der Waals surface area contributed by atoms with Crippen molar-refractivity contribution < 1.29 is 4.79 Å². The number of hydrogen-bond donors (Lipinski definition) is 1. The molecule has 0 aliphatic carbocycles. The number of nitrogens with zero attached hydrogens (tertiary/aromatic N) is 2. The average Bonchev–Trinajstić information content (AvgIpc) is 2.64. The highest BCUT2D eigenvalue weighted by Crippen LogP contribution is 2.11. The minimum absolute atomic E-state index is 0.261. The van der Waals surface area contributed by atoms with Crippen LogP contribution in [0.1, 0.15) is 25.7 Å². The summed E-state index contributed by atoms with van der Waals surface area (Å²) in [7, 11) is 1.87. The fraction of sp³-hybridized carbons (Fsp3) is 0.800. The second-order valence-electron chi connectivity index (χ2n) is 4.09. The van der Waals surface area contributed by atoms with E-state index >= 15 is 0 Å². The van der Waals surface area contributed by atoms with E-state index in [4.69, 9.17) is 0 Å². The SMILES string of the molecule is CN1CC(NC2=NCCC2)CCC1=O. The first-order valence-electron chi connectivity index (χ1n) is 5.29. The van der Waals surface area contributed by atoms with Crippen LogP contribution < -0.4 is 5.32 Å². The summed E-state index contributed by atoms with van der Waals surface area (Å²) in [5, 5.41) is 3.42. The summed E-state index contributed by atoms with van der Waals surface area (Å²) in [5.74, 6) is 1.40. The molecule has 2 aliphatic rings. The lowest BCUT2D eigenvalue weighted by Gasteiger charge is -2.30. The molecular formula is C10H17N3O. The van der Waals surface area contributed by atoms with E-state index < -0.39 is 0 Å². The third-order valence-corrected chi connectivity index (χ3v) is 2.87. The smallest absolute Gasteiger partial charge is 0.222 e. The maximum atomic E-state index is 11.2. The molecule has 2 aliphatic heterocycles. The lowest BCUT2D eigenvalue weighted by atomic mass is 10.1. The van der Waals surface area contributed by atoms with Gasteiger partial charge in [0, 0.05) is 39.0 Å².